The van der Waals surface area contributed by atoms with Crippen LogP contribution in [-0.2, 0) is 22.4 Å². The Balaban J connectivity index is 2.23. The Morgan fingerprint density at radius 3 is 2.38 bits per heavy atom. The third-order valence-corrected chi connectivity index (χ3v) is 5.46. The van der Waals surface area contributed by atoms with Crippen molar-refractivity contribution >= 4 is 29.2 Å². The van der Waals surface area contributed by atoms with E-state index in [9.17, 15) is 14.7 Å². The third kappa shape index (κ3) is 3.92. The van der Waals surface area contributed by atoms with Crippen molar-refractivity contribution in [2.24, 2.45) is 5.41 Å². The molecule has 1 aliphatic carbocycles. The number of aryl methyl sites for hydroxylation is 1. The van der Waals surface area contributed by atoms with E-state index < -0.39 is 11.4 Å². The molecule has 1 aromatic rings. The standard InChI is InChI=1S/C19H26ClNO3/c1-3-13-8-9-15(20)14(4-2)17(13)21-16(22)12-19(18(23)24)10-6-5-7-11-19/h8-9H,3-7,10-12H2,1-2H3,(H,21,22)(H,23,24). The summed E-state index contributed by atoms with van der Waals surface area (Å²) in [5.74, 6) is -1.08. The van der Waals surface area contributed by atoms with Crippen molar-refractivity contribution in [2.45, 2.75) is 65.2 Å². The number of carboxylic acids is 1. The quantitative estimate of drug-likeness (QED) is 0.771. The molecule has 0 atom stereocenters. The van der Waals surface area contributed by atoms with Crippen molar-refractivity contribution in [3.63, 3.8) is 0 Å². The summed E-state index contributed by atoms with van der Waals surface area (Å²) in [6.45, 7) is 4.02. The minimum atomic E-state index is -0.917. The van der Waals surface area contributed by atoms with Gasteiger partial charge in [-0.3, -0.25) is 9.59 Å². The molecule has 0 saturated heterocycles. The Kier molecular flexibility index (Phi) is 6.27. The average Bonchev–Trinajstić information content (AvgIpc) is 2.56. The maximum Gasteiger partial charge on any atom is 0.310 e. The van der Waals surface area contributed by atoms with Crippen LogP contribution in [0.2, 0.25) is 5.02 Å². The van der Waals surface area contributed by atoms with Gasteiger partial charge in [-0.15, -0.1) is 0 Å². The van der Waals surface area contributed by atoms with Crippen LogP contribution in [0.4, 0.5) is 5.69 Å². The van der Waals surface area contributed by atoms with Crippen LogP contribution in [0.1, 0.15) is 63.5 Å². The molecule has 0 unspecified atom stereocenters. The number of rotatable bonds is 6. The zero-order valence-corrected chi connectivity index (χ0v) is 15.2. The highest BCUT2D eigenvalue weighted by Crippen LogP contribution is 2.40. The van der Waals surface area contributed by atoms with Crippen LogP contribution in [0, 0.1) is 5.41 Å². The fourth-order valence-electron chi connectivity index (χ4n) is 3.65. The molecule has 24 heavy (non-hydrogen) atoms. The molecule has 0 radical (unpaired) electrons. The molecule has 132 valence electrons. The number of amides is 1. The molecule has 1 saturated carbocycles. The van der Waals surface area contributed by atoms with Crippen LogP contribution in [0.5, 0.6) is 0 Å². The van der Waals surface area contributed by atoms with Crippen molar-refractivity contribution < 1.29 is 14.7 Å². The second kappa shape index (κ2) is 8.02. The number of aliphatic carboxylic acids is 1. The summed E-state index contributed by atoms with van der Waals surface area (Å²) in [7, 11) is 0. The second-order valence-electron chi connectivity index (χ2n) is 6.64. The maximum atomic E-state index is 12.6. The zero-order chi connectivity index (χ0) is 17.7. The van der Waals surface area contributed by atoms with Gasteiger partial charge in [0.05, 0.1) is 5.41 Å². The molecule has 1 amide bonds. The molecule has 0 spiro atoms. The van der Waals surface area contributed by atoms with Crippen molar-refractivity contribution in [3.05, 3.63) is 28.3 Å². The van der Waals surface area contributed by atoms with Gasteiger partial charge in [0, 0.05) is 17.1 Å². The van der Waals surface area contributed by atoms with Crippen molar-refractivity contribution in [3.8, 4) is 0 Å². The lowest BCUT2D eigenvalue weighted by atomic mass is 9.71. The maximum absolute atomic E-state index is 12.6. The van der Waals surface area contributed by atoms with Gasteiger partial charge in [-0.05, 0) is 42.9 Å². The normalized spacial score (nSPS) is 16.6. The lowest BCUT2D eigenvalue weighted by molar-refractivity contribution is -0.153. The smallest absolute Gasteiger partial charge is 0.310 e. The first-order chi connectivity index (χ1) is 11.4. The first kappa shape index (κ1) is 18.8. The molecule has 5 heteroatoms. The summed E-state index contributed by atoms with van der Waals surface area (Å²) in [5.41, 5.74) is 1.78. The highest BCUT2D eigenvalue weighted by atomic mass is 35.5. The van der Waals surface area contributed by atoms with E-state index in [0.717, 1.165) is 42.5 Å². The number of anilines is 1. The van der Waals surface area contributed by atoms with Gasteiger partial charge < -0.3 is 10.4 Å². The van der Waals surface area contributed by atoms with Crippen LogP contribution in [-0.4, -0.2) is 17.0 Å². The summed E-state index contributed by atoms with van der Waals surface area (Å²) in [6, 6.07) is 3.78. The van der Waals surface area contributed by atoms with Crippen LogP contribution < -0.4 is 5.32 Å². The van der Waals surface area contributed by atoms with E-state index in [2.05, 4.69) is 5.32 Å². The molecule has 4 nitrogen and oxygen atoms in total. The van der Waals surface area contributed by atoms with E-state index in [1.807, 2.05) is 26.0 Å². The zero-order valence-electron chi connectivity index (χ0n) is 14.5. The summed E-state index contributed by atoms with van der Waals surface area (Å²) in [5, 5.41) is 13.2. The van der Waals surface area contributed by atoms with Crippen molar-refractivity contribution in [1.29, 1.82) is 0 Å². The number of carbonyl (C=O) groups excluding carboxylic acids is 1. The largest absolute Gasteiger partial charge is 0.481 e. The Morgan fingerprint density at radius 2 is 1.83 bits per heavy atom. The third-order valence-electron chi connectivity index (χ3n) is 5.10. The molecule has 1 aliphatic rings. The van der Waals surface area contributed by atoms with E-state index in [4.69, 9.17) is 11.6 Å². The Hall–Kier alpha value is -1.55. The van der Waals surface area contributed by atoms with E-state index in [0.29, 0.717) is 24.3 Å². The fourth-order valence-corrected chi connectivity index (χ4v) is 3.94. The Bertz CT molecular complexity index is 621. The van der Waals surface area contributed by atoms with Crippen LogP contribution in [0.25, 0.3) is 0 Å². The van der Waals surface area contributed by atoms with Crippen LogP contribution in [0.3, 0.4) is 0 Å². The number of carbonyl (C=O) groups is 2. The SMILES string of the molecule is CCc1ccc(Cl)c(CC)c1NC(=O)CC1(C(=O)O)CCCCC1. The lowest BCUT2D eigenvalue weighted by Gasteiger charge is -2.32. The number of benzene rings is 1. The number of halogens is 1. The van der Waals surface area contributed by atoms with Gasteiger partial charge in [0.1, 0.15) is 0 Å². The Labute approximate surface area is 148 Å². The second-order valence-corrected chi connectivity index (χ2v) is 7.05. The van der Waals surface area contributed by atoms with Gasteiger partial charge in [0.15, 0.2) is 0 Å². The van der Waals surface area contributed by atoms with Crippen molar-refractivity contribution in [2.75, 3.05) is 5.32 Å². The predicted molar refractivity (Wildman–Crippen MR) is 96.6 cm³/mol. The van der Waals surface area contributed by atoms with E-state index in [1.54, 1.807) is 0 Å². The minimum Gasteiger partial charge on any atom is -0.481 e. The molecular weight excluding hydrogens is 326 g/mol. The van der Waals surface area contributed by atoms with E-state index >= 15 is 0 Å². The minimum absolute atomic E-state index is 0.0289. The van der Waals surface area contributed by atoms with E-state index in [1.165, 1.54) is 0 Å². The van der Waals surface area contributed by atoms with Crippen molar-refractivity contribution in [1.82, 2.24) is 0 Å². The van der Waals surface area contributed by atoms with Crippen LogP contribution in [0.15, 0.2) is 12.1 Å². The average molecular weight is 352 g/mol. The predicted octanol–water partition coefficient (Wildman–Crippen LogP) is 4.83. The highest BCUT2D eigenvalue weighted by molar-refractivity contribution is 6.32. The number of nitrogens with one attached hydrogen (secondary N) is 1. The van der Waals surface area contributed by atoms with Gasteiger partial charge in [-0.25, -0.2) is 0 Å². The van der Waals surface area contributed by atoms with E-state index in [-0.39, 0.29) is 12.3 Å². The molecule has 2 N–H and O–H groups in total. The molecule has 0 bridgehead atoms. The molecule has 2 rings (SSSR count). The first-order valence-corrected chi connectivity index (χ1v) is 9.15. The summed E-state index contributed by atoms with van der Waals surface area (Å²) in [4.78, 5) is 24.4. The molecular formula is C19H26ClNO3. The lowest BCUT2D eigenvalue weighted by Crippen LogP contribution is -2.37. The van der Waals surface area contributed by atoms with Gasteiger partial charge in [0.2, 0.25) is 5.91 Å². The topological polar surface area (TPSA) is 66.4 Å². The molecule has 0 aliphatic heterocycles. The number of hydrogen-bond donors (Lipinski definition) is 2. The summed E-state index contributed by atoms with van der Waals surface area (Å²) < 4.78 is 0. The van der Waals surface area contributed by atoms with Crippen LogP contribution >= 0.6 is 11.6 Å². The van der Waals surface area contributed by atoms with Gasteiger partial charge in [-0.2, -0.15) is 0 Å². The first-order valence-electron chi connectivity index (χ1n) is 8.77. The number of carboxylic acid groups (broad SMARTS) is 1. The summed E-state index contributed by atoms with van der Waals surface area (Å²) in [6.07, 6.45) is 5.47. The molecule has 1 aromatic carbocycles. The fraction of sp³-hybridized carbons (Fsp3) is 0.579. The molecule has 0 aromatic heterocycles. The summed E-state index contributed by atoms with van der Waals surface area (Å²) >= 11 is 6.27. The molecule has 0 heterocycles. The van der Waals surface area contributed by atoms with Gasteiger partial charge in [0.25, 0.3) is 0 Å². The number of hydrogen-bond acceptors (Lipinski definition) is 2. The van der Waals surface area contributed by atoms with Gasteiger partial charge >= 0.3 is 5.97 Å². The highest BCUT2D eigenvalue weighted by Gasteiger charge is 2.41. The van der Waals surface area contributed by atoms with Gasteiger partial charge in [-0.1, -0.05) is 50.8 Å². The molecule has 1 fully saturated rings. The monoisotopic (exact) mass is 351 g/mol. The Morgan fingerprint density at radius 1 is 1.17 bits per heavy atom.